The second-order valence-corrected chi connectivity index (χ2v) is 6.14. The van der Waals surface area contributed by atoms with Gasteiger partial charge in [-0.05, 0) is 42.9 Å². The SMILES string of the molecule is CC1CNCCC1NC(=O)c1cc(-c2cccs2)[nH]n1.Cl. The highest BCUT2D eigenvalue weighted by Gasteiger charge is 2.24. The molecule has 1 fully saturated rings. The van der Waals surface area contributed by atoms with Gasteiger partial charge >= 0.3 is 0 Å². The molecule has 21 heavy (non-hydrogen) atoms. The molecular formula is C14H19ClN4OS. The molecule has 3 heterocycles. The summed E-state index contributed by atoms with van der Waals surface area (Å²) in [6.07, 6.45) is 0.967. The highest BCUT2D eigenvalue weighted by molar-refractivity contribution is 7.13. The maximum Gasteiger partial charge on any atom is 0.272 e. The van der Waals surface area contributed by atoms with E-state index in [2.05, 4.69) is 27.8 Å². The molecule has 2 unspecified atom stereocenters. The number of piperidine rings is 1. The number of H-pyrrole nitrogens is 1. The third-order valence-electron chi connectivity index (χ3n) is 3.70. The Morgan fingerprint density at radius 3 is 3.10 bits per heavy atom. The van der Waals surface area contributed by atoms with Crippen LogP contribution in [0.15, 0.2) is 23.6 Å². The van der Waals surface area contributed by atoms with Crippen LogP contribution in [0.3, 0.4) is 0 Å². The number of thiophene rings is 1. The molecule has 0 aromatic carbocycles. The van der Waals surface area contributed by atoms with Crippen LogP contribution in [0.1, 0.15) is 23.8 Å². The van der Waals surface area contributed by atoms with Crippen molar-refractivity contribution < 1.29 is 4.79 Å². The van der Waals surface area contributed by atoms with Gasteiger partial charge in [-0.3, -0.25) is 9.89 Å². The Balaban J connectivity index is 0.00000161. The number of nitrogens with zero attached hydrogens (tertiary/aromatic N) is 1. The van der Waals surface area contributed by atoms with E-state index < -0.39 is 0 Å². The lowest BCUT2D eigenvalue weighted by molar-refractivity contribution is 0.0909. The molecule has 2 aromatic rings. The van der Waals surface area contributed by atoms with Crippen LogP contribution in [0.4, 0.5) is 0 Å². The zero-order chi connectivity index (χ0) is 13.9. The van der Waals surface area contributed by atoms with E-state index in [0.29, 0.717) is 11.6 Å². The van der Waals surface area contributed by atoms with Crippen molar-refractivity contribution >= 4 is 29.7 Å². The summed E-state index contributed by atoms with van der Waals surface area (Å²) in [5.74, 6) is 0.353. The van der Waals surface area contributed by atoms with Crippen LogP contribution in [0, 0.1) is 5.92 Å². The van der Waals surface area contributed by atoms with Crippen LogP contribution in [-0.4, -0.2) is 35.2 Å². The average Bonchev–Trinajstić information content (AvgIpc) is 3.11. The van der Waals surface area contributed by atoms with E-state index in [4.69, 9.17) is 0 Å². The summed E-state index contributed by atoms with van der Waals surface area (Å²) < 4.78 is 0. The summed E-state index contributed by atoms with van der Waals surface area (Å²) in [5.41, 5.74) is 1.35. The van der Waals surface area contributed by atoms with Crippen LogP contribution >= 0.6 is 23.7 Å². The van der Waals surface area contributed by atoms with E-state index in [0.717, 1.165) is 30.1 Å². The lowest BCUT2D eigenvalue weighted by Gasteiger charge is -2.29. The Morgan fingerprint density at radius 1 is 1.52 bits per heavy atom. The molecule has 1 amide bonds. The van der Waals surface area contributed by atoms with Crippen molar-refractivity contribution in [3.05, 3.63) is 29.3 Å². The Kier molecular flexibility index (Phi) is 5.39. The first-order chi connectivity index (χ1) is 9.74. The number of rotatable bonds is 3. The Bertz CT molecular complexity index is 584. The lowest BCUT2D eigenvalue weighted by atomic mass is 9.95. The van der Waals surface area contributed by atoms with Gasteiger partial charge in [-0.1, -0.05) is 13.0 Å². The second kappa shape index (κ2) is 7.06. The molecule has 3 rings (SSSR count). The molecular weight excluding hydrogens is 308 g/mol. The first-order valence-electron chi connectivity index (χ1n) is 6.85. The minimum Gasteiger partial charge on any atom is -0.348 e. The van der Waals surface area contributed by atoms with Crippen molar-refractivity contribution in [2.45, 2.75) is 19.4 Å². The van der Waals surface area contributed by atoms with Crippen LogP contribution in [-0.2, 0) is 0 Å². The maximum atomic E-state index is 12.2. The topological polar surface area (TPSA) is 69.8 Å². The van der Waals surface area contributed by atoms with Crippen molar-refractivity contribution in [3.8, 4) is 10.6 Å². The number of carbonyl (C=O) groups is 1. The molecule has 0 bridgehead atoms. The van der Waals surface area contributed by atoms with Crippen LogP contribution in [0.25, 0.3) is 10.6 Å². The van der Waals surface area contributed by atoms with Crippen LogP contribution in [0.5, 0.6) is 0 Å². The molecule has 114 valence electrons. The summed E-state index contributed by atoms with van der Waals surface area (Å²) in [4.78, 5) is 13.3. The predicted octanol–water partition coefficient (Wildman–Crippen LogP) is 2.29. The summed E-state index contributed by atoms with van der Waals surface area (Å²) in [6, 6.07) is 6.03. The van der Waals surface area contributed by atoms with Crippen LogP contribution < -0.4 is 10.6 Å². The van der Waals surface area contributed by atoms with E-state index in [1.807, 2.05) is 23.6 Å². The molecule has 1 aliphatic rings. The molecule has 0 spiro atoms. The van der Waals surface area contributed by atoms with E-state index >= 15 is 0 Å². The summed E-state index contributed by atoms with van der Waals surface area (Å²) >= 11 is 1.63. The fourth-order valence-corrected chi connectivity index (χ4v) is 3.16. The summed E-state index contributed by atoms with van der Waals surface area (Å²) in [7, 11) is 0. The standard InChI is InChI=1S/C14H18N4OS.ClH/c1-9-8-15-5-4-10(9)16-14(19)12-7-11(17-18-12)13-3-2-6-20-13;/h2-3,6-7,9-10,15H,4-5,8H2,1H3,(H,16,19)(H,17,18);1H. The number of aromatic amines is 1. The van der Waals surface area contributed by atoms with Gasteiger partial charge in [0, 0.05) is 6.04 Å². The maximum absolute atomic E-state index is 12.2. The third kappa shape index (κ3) is 3.64. The van der Waals surface area contributed by atoms with Crippen LogP contribution in [0.2, 0.25) is 0 Å². The largest absolute Gasteiger partial charge is 0.348 e. The quantitative estimate of drug-likeness (QED) is 0.810. The predicted molar refractivity (Wildman–Crippen MR) is 87.1 cm³/mol. The zero-order valence-corrected chi connectivity index (χ0v) is 13.4. The number of aromatic nitrogens is 2. The lowest BCUT2D eigenvalue weighted by Crippen LogP contribution is -2.48. The summed E-state index contributed by atoms with van der Waals surface area (Å²) in [6.45, 7) is 4.06. The molecule has 2 atom stereocenters. The average molecular weight is 327 g/mol. The second-order valence-electron chi connectivity index (χ2n) is 5.19. The monoisotopic (exact) mass is 326 g/mol. The fourth-order valence-electron chi connectivity index (χ4n) is 2.47. The molecule has 0 saturated carbocycles. The van der Waals surface area contributed by atoms with E-state index in [1.54, 1.807) is 11.3 Å². The van der Waals surface area contributed by atoms with E-state index in [-0.39, 0.29) is 24.4 Å². The van der Waals surface area contributed by atoms with Crippen molar-refractivity contribution in [1.29, 1.82) is 0 Å². The molecule has 7 heteroatoms. The minimum atomic E-state index is -0.0946. The van der Waals surface area contributed by atoms with Crippen molar-refractivity contribution in [2.24, 2.45) is 5.92 Å². The van der Waals surface area contributed by atoms with Gasteiger partial charge in [-0.25, -0.2) is 0 Å². The van der Waals surface area contributed by atoms with Gasteiger partial charge in [0.05, 0.1) is 10.6 Å². The van der Waals surface area contributed by atoms with Gasteiger partial charge in [0.2, 0.25) is 0 Å². The Hall–Kier alpha value is -1.37. The number of amides is 1. The smallest absolute Gasteiger partial charge is 0.272 e. The molecule has 0 aliphatic carbocycles. The van der Waals surface area contributed by atoms with E-state index in [9.17, 15) is 4.79 Å². The highest BCUT2D eigenvalue weighted by atomic mass is 35.5. The first kappa shape index (κ1) is 16.0. The van der Waals surface area contributed by atoms with Gasteiger partial charge in [0.1, 0.15) is 0 Å². The number of hydrogen-bond donors (Lipinski definition) is 3. The molecule has 2 aromatic heterocycles. The summed E-state index contributed by atoms with van der Waals surface area (Å²) in [5, 5.41) is 15.5. The van der Waals surface area contributed by atoms with Crippen molar-refractivity contribution in [1.82, 2.24) is 20.8 Å². The zero-order valence-electron chi connectivity index (χ0n) is 11.8. The van der Waals surface area contributed by atoms with Gasteiger partial charge in [0.15, 0.2) is 5.69 Å². The molecule has 0 radical (unpaired) electrons. The fraction of sp³-hybridized carbons (Fsp3) is 0.429. The van der Waals surface area contributed by atoms with Gasteiger partial charge in [0.25, 0.3) is 5.91 Å². The van der Waals surface area contributed by atoms with Gasteiger partial charge < -0.3 is 10.6 Å². The molecule has 1 aliphatic heterocycles. The number of carbonyl (C=O) groups excluding carboxylic acids is 1. The molecule has 3 N–H and O–H groups in total. The number of halogens is 1. The van der Waals surface area contributed by atoms with Crippen molar-refractivity contribution in [3.63, 3.8) is 0 Å². The normalized spacial score (nSPS) is 21.6. The first-order valence-corrected chi connectivity index (χ1v) is 7.73. The van der Waals surface area contributed by atoms with Gasteiger partial charge in [-0.2, -0.15) is 5.10 Å². The van der Waals surface area contributed by atoms with Gasteiger partial charge in [-0.15, -0.1) is 23.7 Å². The molecule has 1 saturated heterocycles. The highest BCUT2D eigenvalue weighted by Crippen LogP contribution is 2.23. The Morgan fingerprint density at radius 2 is 2.38 bits per heavy atom. The van der Waals surface area contributed by atoms with Crippen molar-refractivity contribution in [2.75, 3.05) is 13.1 Å². The Labute approximate surface area is 133 Å². The van der Waals surface area contributed by atoms with E-state index in [1.165, 1.54) is 0 Å². The minimum absolute atomic E-state index is 0. The number of nitrogens with one attached hydrogen (secondary N) is 3. The molecule has 5 nitrogen and oxygen atoms in total. The number of hydrogen-bond acceptors (Lipinski definition) is 4. The third-order valence-corrected chi connectivity index (χ3v) is 4.60.